The van der Waals surface area contributed by atoms with Gasteiger partial charge < -0.3 is 0 Å². The minimum atomic E-state index is 0.500. The Morgan fingerprint density at radius 1 is 1.29 bits per heavy atom. The molecule has 36 valence electrons. The van der Waals surface area contributed by atoms with Gasteiger partial charge in [0.25, 0.3) is 0 Å². The summed E-state index contributed by atoms with van der Waals surface area (Å²) in [7, 11) is 0. The molecule has 0 aliphatic heterocycles. The van der Waals surface area contributed by atoms with Crippen molar-refractivity contribution in [3.05, 3.63) is 37.0 Å². The van der Waals surface area contributed by atoms with Gasteiger partial charge >= 0.3 is 0 Å². The SMILES string of the molecule is C=CC1C=C[13CH]=C1. The predicted octanol–water partition coefficient (Wildman–Crippen LogP) is 1.91. The molecule has 1 rings (SSSR count). The van der Waals surface area contributed by atoms with Crippen molar-refractivity contribution in [3.63, 3.8) is 0 Å². The normalized spacial score (nSPS) is 26.0. The molecule has 0 heteroatoms. The van der Waals surface area contributed by atoms with Crippen LogP contribution in [-0.4, -0.2) is 0 Å². The molecule has 0 N–H and O–H groups in total. The van der Waals surface area contributed by atoms with Crippen LogP contribution in [0.2, 0.25) is 0 Å². The third kappa shape index (κ3) is 0.801. The zero-order valence-electron chi connectivity index (χ0n) is 4.17. The van der Waals surface area contributed by atoms with Crippen LogP contribution in [0.15, 0.2) is 37.0 Å². The fourth-order valence-corrected chi connectivity index (χ4v) is 0.606. The summed E-state index contributed by atoms with van der Waals surface area (Å²) in [5, 5.41) is 0. The van der Waals surface area contributed by atoms with Crippen molar-refractivity contribution >= 4 is 0 Å². The summed E-state index contributed by atoms with van der Waals surface area (Å²) < 4.78 is 0. The van der Waals surface area contributed by atoms with E-state index < -0.39 is 0 Å². The summed E-state index contributed by atoms with van der Waals surface area (Å²) in [5.41, 5.74) is 0. The fraction of sp³-hybridized carbons (Fsp3) is 0.143. The third-order valence-corrected chi connectivity index (χ3v) is 1.05. The average Bonchev–Trinajstić information content (AvgIpc) is 2.14. The lowest BCUT2D eigenvalue weighted by molar-refractivity contribution is 1.10. The molecule has 0 nitrogen and oxygen atoms in total. The smallest absolute Gasteiger partial charge is 0.0131 e. The van der Waals surface area contributed by atoms with Gasteiger partial charge in [0.2, 0.25) is 0 Å². The number of hydrogen-bond donors (Lipinski definition) is 0. The van der Waals surface area contributed by atoms with E-state index >= 15 is 0 Å². The van der Waals surface area contributed by atoms with E-state index in [1.165, 1.54) is 0 Å². The minimum Gasteiger partial charge on any atom is -0.102 e. The summed E-state index contributed by atoms with van der Waals surface area (Å²) in [6, 6.07) is 0. The zero-order valence-corrected chi connectivity index (χ0v) is 4.17. The second-order valence-electron chi connectivity index (χ2n) is 1.58. The average molecular weight is 93.1 g/mol. The Bertz CT molecular complexity index is 106. The van der Waals surface area contributed by atoms with Gasteiger partial charge in [0.15, 0.2) is 0 Å². The molecule has 0 aromatic carbocycles. The Kier molecular flexibility index (Phi) is 1.12. The first-order valence-corrected chi connectivity index (χ1v) is 2.41. The molecule has 0 fully saturated rings. The van der Waals surface area contributed by atoms with Gasteiger partial charge in [-0.25, -0.2) is 0 Å². The van der Waals surface area contributed by atoms with E-state index in [4.69, 9.17) is 0 Å². The van der Waals surface area contributed by atoms with Crippen LogP contribution < -0.4 is 0 Å². The number of hydrogen-bond acceptors (Lipinski definition) is 0. The van der Waals surface area contributed by atoms with Crippen LogP contribution in [0.3, 0.4) is 0 Å². The standard InChI is InChI=1S/C7H8/c1-2-7-5-3-4-6-7/h2-7H,1H2/i3+1. The maximum atomic E-state index is 3.64. The number of rotatable bonds is 1. The number of allylic oxidation sites excluding steroid dienone is 5. The molecule has 1 aliphatic rings. The van der Waals surface area contributed by atoms with Gasteiger partial charge in [-0.3, -0.25) is 0 Å². The summed E-state index contributed by atoms with van der Waals surface area (Å²) in [4.78, 5) is 0. The van der Waals surface area contributed by atoms with Crippen molar-refractivity contribution in [1.29, 1.82) is 0 Å². The molecule has 1 atom stereocenters. The zero-order chi connectivity index (χ0) is 5.11. The largest absolute Gasteiger partial charge is 0.102 e. The molecule has 0 saturated carbocycles. The second kappa shape index (κ2) is 1.78. The molecule has 0 aromatic rings. The third-order valence-electron chi connectivity index (χ3n) is 1.05. The van der Waals surface area contributed by atoms with Crippen molar-refractivity contribution < 1.29 is 0 Å². The molecule has 7 heavy (non-hydrogen) atoms. The molecule has 1 unspecified atom stereocenters. The molecule has 0 spiro atoms. The van der Waals surface area contributed by atoms with Gasteiger partial charge in [-0.05, 0) is 0 Å². The van der Waals surface area contributed by atoms with Gasteiger partial charge in [0.05, 0.1) is 0 Å². The van der Waals surface area contributed by atoms with E-state index in [2.05, 4.69) is 18.7 Å². The van der Waals surface area contributed by atoms with Gasteiger partial charge in [0, 0.05) is 5.92 Å². The Hall–Kier alpha value is -0.780. The summed E-state index contributed by atoms with van der Waals surface area (Å²) in [6.07, 6.45) is 10.2. The van der Waals surface area contributed by atoms with Gasteiger partial charge in [0.1, 0.15) is 0 Å². The first-order chi connectivity index (χ1) is 3.43. The molecule has 1 aliphatic carbocycles. The maximum Gasteiger partial charge on any atom is 0.0131 e. The first kappa shape index (κ1) is 4.38. The van der Waals surface area contributed by atoms with Crippen molar-refractivity contribution in [3.8, 4) is 0 Å². The Morgan fingerprint density at radius 2 is 1.86 bits per heavy atom. The van der Waals surface area contributed by atoms with Crippen LogP contribution in [0.1, 0.15) is 0 Å². The van der Waals surface area contributed by atoms with E-state index in [1.54, 1.807) is 0 Å². The highest BCUT2D eigenvalue weighted by Crippen LogP contribution is 2.07. The summed E-state index contributed by atoms with van der Waals surface area (Å²) in [5.74, 6) is 0.500. The van der Waals surface area contributed by atoms with Crippen molar-refractivity contribution in [2.24, 2.45) is 5.92 Å². The molecular formula is C7H8. The van der Waals surface area contributed by atoms with Gasteiger partial charge in [-0.15, -0.1) is 6.58 Å². The van der Waals surface area contributed by atoms with Crippen LogP contribution in [0.25, 0.3) is 0 Å². The Morgan fingerprint density at radius 3 is 2.14 bits per heavy atom. The first-order valence-electron chi connectivity index (χ1n) is 2.41. The second-order valence-corrected chi connectivity index (χ2v) is 1.58. The molecule has 0 aromatic heterocycles. The summed E-state index contributed by atoms with van der Waals surface area (Å²) in [6.45, 7) is 3.64. The molecule has 0 bridgehead atoms. The highest BCUT2D eigenvalue weighted by Gasteiger charge is 1.93. The van der Waals surface area contributed by atoms with Crippen LogP contribution in [0.5, 0.6) is 0 Å². The quantitative estimate of drug-likeness (QED) is 0.343. The van der Waals surface area contributed by atoms with Gasteiger partial charge in [-0.2, -0.15) is 0 Å². The van der Waals surface area contributed by atoms with E-state index in [0.717, 1.165) is 0 Å². The van der Waals surface area contributed by atoms with Crippen LogP contribution in [-0.2, 0) is 0 Å². The fourth-order valence-electron chi connectivity index (χ4n) is 0.606. The highest BCUT2D eigenvalue weighted by molar-refractivity contribution is 5.21. The van der Waals surface area contributed by atoms with E-state index in [0.29, 0.717) is 5.92 Å². The van der Waals surface area contributed by atoms with Crippen molar-refractivity contribution in [2.75, 3.05) is 0 Å². The van der Waals surface area contributed by atoms with Crippen LogP contribution in [0.4, 0.5) is 0 Å². The maximum absolute atomic E-state index is 3.64. The molecule has 0 saturated heterocycles. The highest BCUT2D eigenvalue weighted by atomic mass is 14.2. The van der Waals surface area contributed by atoms with E-state index in [1.807, 2.05) is 18.2 Å². The topological polar surface area (TPSA) is 0 Å². The Labute approximate surface area is 43.9 Å². The van der Waals surface area contributed by atoms with Crippen LogP contribution in [0, 0.1) is 5.92 Å². The molecule has 0 amide bonds. The molecule has 0 radical (unpaired) electrons. The monoisotopic (exact) mass is 93.1 g/mol. The lowest BCUT2D eigenvalue weighted by atomic mass is 10.2. The Balaban J connectivity index is 2.59. The minimum absolute atomic E-state index is 0.500. The molecular weight excluding hydrogens is 85.1 g/mol. The van der Waals surface area contributed by atoms with Crippen LogP contribution >= 0.6 is 0 Å². The lowest BCUT2D eigenvalue weighted by Crippen LogP contribution is -1.76. The van der Waals surface area contributed by atoms with Crippen molar-refractivity contribution in [1.82, 2.24) is 0 Å². The summed E-state index contributed by atoms with van der Waals surface area (Å²) >= 11 is 0. The lowest BCUT2D eigenvalue weighted by Gasteiger charge is -1.88. The molecule has 0 heterocycles. The van der Waals surface area contributed by atoms with Crippen molar-refractivity contribution in [2.45, 2.75) is 0 Å². The van der Waals surface area contributed by atoms with Gasteiger partial charge in [-0.1, -0.05) is 30.4 Å². The predicted molar refractivity (Wildman–Crippen MR) is 32.0 cm³/mol. The van der Waals surface area contributed by atoms with E-state index in [9.17, 15) is 0 Å². The van der Waals surface area contributed by atoms with E-state index in [-0.39, 0.29) is 0 Å².